The van der Waals surface area contributed by atoms with Crippen molar-refractivity contribution in [1.29, 1.82) is 0 Å². The number of ether oxygens (including phenoxy) is 2. The summed E-state index contributed by atoms with van der Waals surface area (Å²) in [5.74, 6) is 0.198. The summed E-state index contributed by atoms with van der Waals surface area (Å²) in [6.07, 6.45) is 2.74. The molecule has 1 heterocycles. The largest absolute Gasteiger partial charge is 0.376 e. The molecule has 96 valence electrons. The average molecular weight is 246 g/mol. The molecular formula is C15H18O3. The highest BCUT2D eigenvalue weighted by atomic mass is 16.6. The predicted molar refractivity (Wildman–Crippen MR) is 67.7 cm³/mol. The molecule has 3 heteroatoms. The van der Waals surface area contributed by atoms with Gasteiger partial charge in [-0.15, -0.1) is 0 Å². The Bertz CT molecular complexity index is 435. The molecule has 3 nitrogen and oxygen atoms in total. The van der Waals surface area contributed by atoms with Gasteiger partial charge in [0.25, 0.3) is 0 Å². The van der Waals surface area contributed by atoms with Gasteiger partial charge in [0, 0.05) is 5.92 Å². The molecule has 0 bridgehead atoms. The quantitative estimate of drug-likeness (QED) is 0.801. The highest BCUT2D eigenvalue weighted by Gasteiger charge is 2.33. The molecule has 1 aliphatic heterocycles. The SMILES string of the molecule is O=C(C1COCCO1)C1CCCc2ccccc21. The normalized spacial score (nSPS) is 27.6. The zero-order chi connectivity index (χ0) is 12.4. The molecule has 0 aromatic heterocycles. The second kappa shape index (κ2) is 5.21. The van der Waals surface area contributed by atoms with E-state index in [0.29, 0.717) is 19.8 Å². The van der Waals surface area contributed by atoms with E-state index in [4.69, 9.17) is 9.47 Å². The molecule has 2 atom stereocenters. The maximum absolute atomic E-state index is 12.5. The van der Waals surface area contributed by atoms with E-state index < -0.39 is 0 Å². The molecule has 0 N–H and O–H groups in total. The number of Topliss-reactive ketones (excluding diaryl/α,β-unsaturated/α-hetero) is 1. The van der Waals surface area contributed by atoms with Crippen LogP contribution in [-0.4, -0.2) is 31.7 Å². The van der Waals surface area contributed by atoms with Crippen molar-refractivity contribution in [3.05, 3.63) is 35.4 Å². The maximum Gasteiger partial charge on any atom is 0.171 e. The van der Waals surface area contributed by atoms with Gasteiger partial charge in [0.1, 0.15) is 6.10 Å². The second-order valence-electron chi connectivity index (χ2n) is 4.98. The van der Waals surface area contributed by atoms with Crippen molar-refractivity contribution in [3.63, 3.8) is 0 Å². The minimum absolute atomic E-state index is 0.00153. The number of rotatable bonds is 2. The lowest BCUT2D eigenvalue weighted by Crippen LogP contribution is -2.39. The zero-order valence-electron chi connectivity index (χ0n) is 10.4. The van der Waals surface area contributed by atoms with Gasteiger partial charge in [0.2, 0.25) is 0 Å². The van der Waals surface area contributed by atoms with Crippen molar-refractivity contribution in [1.82, 2.24) is 0 Å². The molecule has 0 spiro atoms. The molecule has 0 amide bonds. The van der Waals surface area contributed by atoms with Crippen molar-refractivity contribution >= 4 is 5.78 Å². The smallest absolute Gasteiger partial charge is 0.171 e. The molecule has 1 fully saturated rings. The van der Waals surface area contributed by atoms with E-state index in [1.807, 2.05) is 12.1 Å². The van der Waals surface area contributed by atoms with Gasteiger partial charge in [-0.25, -0.2) is 0 Å². The Balaban J connectivity index is 1.82. The Labute approximate surface area is 107 Å². The minimum Gasteiger partial charge on any atom is -0.376 e. The summed E-state index contributed by atoms with van der Waals surface area (Å²) < 4.78 is 10.9. The fourth-order valence-corrected chi connectivity index (χ4v) is 2.93. The summed E-state index contributed by atoms with van der Waals surface area (Å²) in [6.45, 7) is 1.55. The van der Waals surface area contributed by atoms with E-state index in [-0.39, 0.29) is 17.8 Å². The van der Waals surface area contributed by atoms with E-state index >= 15 is 0 Å². The fraction of sp³-hybridized carbons (Fsp3) is 0.533. The van der Waals surface area contributed by atoms with Crippen LogP contribution in [-0.2, 0) is 20.7 Å². The third-order valence-electron chi connectivity index (χ3n) is 3.85. The average Bonchev–Trinajstić information content (AvgIpc) is 2.47. The number of carbonyl (C=O) groups is 1. The van der Waals surface area contributed by atoms with Crippen LogP contribution in [0.3, 0.4) is 0 Å². The van der Waals surface area contributed by atoms with Crippen LogP contribution in [0.25, 0.3) is 0 Å². The Hall–Kier alpha value is -1.19. The highest BCUT2D eigenvalue weighted by Crippen LogP contribution is 2.33. The lowest BCUT2D eigenvalue weighted by Gasteiger charge is -2.29. The molecule has 1 aromatic rings. The summed E-state index contributed by atoms with van der Waals surface area (Å²) in [5, 5.41) is 0. The molecular weight excluding hydrogens is 228 g/mol. The van der Waals surface area contributed by atoms with E-state index in [1.165, 1.54) is 11.1 Å². The van der Waals surface area contributed by atoms with E-state index in [2.05, 4.69) is 12.1 Å². The first-order valence-electron chi connectivity index (χ1n) is 6.67. The Morgan fingerprint density at radius 2 is 2.11 bits per heavy atom. The topological polar surface area (TPSA) is 35.5 Å². The van der Waals surface area contributed by atoms with Gasteiger partial charge in [0.15, 0.2) is 5.78 Å². The molecule has 3 rings (SSSR count). The number of aryl methyl sites for hydroxylation is 1. The number of fused-ring (bicyclic) bond motifs is 1. The molecule has 1 aromatic carbocycles. The van der Waals surface area contributed by atoms with Gasteiger partial charge in [0.05, 0.1) is 19.8 Å². The van der Waals surface area contributed by atoms with Crippen molar-refractivity contribution < 1.29 is 14.3 Å². The van der Waals surface area contributed by atoms with Crippen LogP contribution in [0, 0.1) is 0 Å². The standard InChI is InChI=1S/C15H18O3/c16-15(14-10-17-8-9-18-14)13-7-3-5-11-4-1-2-6-12(11)13/h1-2,4,6,13-14H,3,5,7-10H2. The van der Waals surface area contributed by atoms with Gasteiger partial charge < -0.3 is 9.47 Å². The van der Waals surface area contributed by atoms with Crippen LogP contribution < -0.4 is 0 Å². The van der Waals surface area contributed by atoms with Crippen LogP contribution in [0.5, 0.6) is 0 Å². The molecule has 1 aliphatic carbocycles. The monoisotopic (exact) mass is 246 g/mol. The molecule has 2 aliphatic rings. The van der Waals surface area contributed by atoms with Gasteiger partial charge in [-0.1, -0.05) is 24.3 Å². The van der Waals surface area contributed by atoms with Gasteiger partial charge in [-0.05, 0) is 30.4 Å². The molecule has 0 radical (unpaired) electrons. The third-order valence-corrected chi connectivity index (χ3v) is 3.85. The number of ketones is 1. The zero-order valence-corrected chi connectivity index (χ0v) is 10.4. The van der Waals surface area contributed by atoms with Gasteiger partial charge in [-0.3, -0.25) is 4.79 Å². The fourth-order valence-electron chi connectivity index (χ4n) is 2.93. The number of hydrogen-bond donors (Lipinski definition) is 0. The molecule has 2 unspecified atom stereocenters. The lowest BCUT2D eigenvalue weighted by molar-refractivity contribution is -0.147. The summed E-state index contributed by atoms with van der Waals surface area (Å²) in [5.41, 5.74) is 2.52. The molecule has 18 heavy (non-hydrogen) atoms. The predicted octanol–water partition coefficient (Wildman–Crippen LogP) is 2.09. The lowest BCUT2D eigenvalue weighted by atomic mass is 9.79. The van der Waals surface area contributed by atoms with Crippen molar-refractivity contribution in [2.24, 2.45) is 0 Å². The van der Waals surface area contributed by atoms with Crippen molar-refractivity contribution in [2.45, 2.75) is 31.3 Å². The van der Waals surface area contributed by atoms with Crippen LogP contribution in [0.1, 0.15) is 29.9 Å². The van der Waals surface area contributed by atoms with Gasteiger partial charge in [-0.2, -0.15) is 0 Å². The first kappa shape index (κ1) is 11.9. The van der Waals surface area contributed by atoms with E-state index in [9.17, 15) is 4.79 Å². The Kier molecular flexibility index (Phi) is 3.43. The summed E-state index contributed by atoms with van der Waals surface area (Å²) >= 11 is 0. The van der Waals surface area contributed by atoms with Crippen molar-refractivity contribution in [2.75, 3.05) is 19.8 Å². The first-order chi connectivity index (χ1) is 8.86. The maximum atomic E-state index is 12.5. The minimum atomic E-state index is -0.366. The first-order valence-corrected chi connectivity index (χ1v) is 6.67. The third kappa shape index (κ3) is 2.20. The Morgan fingerprint density at radius 3 is 2.94 bits per heavy atom. The Morgan fingerprint density at radius 1 is 1.22 bits per heavy atom. The van der Waals surface area contributed by atoms with E-state index in [0.717, 1.165) is 19.3 Å². The number of benzene rings is 1. The number of carbonyl (C=O) groups excluding carboxylic acids is 1. The molecule has 0 saturated carbocycles. The van der Waals surface area contributed by atoms with Crippen LogP contribution >= 0.6 is 0 Å². The summed E-state index contributed by atoms with van der Waals surface area (Å²) in [7, 11) is 0. The number of hydrogen-bond acceptors (Lipinski definition) is 3. The van der Waals surface area contributed by atoms with Crippen LogP contribution in [0.15, 0.2) is 24.3 Å². The van der Waals surface area contributed by atoms with Crippen molar-refractivity contribution in [3.8, 4) is 0 Å². The van der Waals surface area contributed by atoms with Crippen LogP contribution in [0.4, 0.5) is 0 Å². The summed E-state index contributed by atoms with van der Waals surface area (Å²) in [4.78, 5) is 12.5. The highest BCUT2D eigenvalue weighted by molar-refractivity contribution is 5.90. The van der Waals surface area contributed by atoms with Gasteiger partial charge >= 0.3 is 0 Å². The summed E-state index contributed by atoms with van der Waals surface area (Å²) in [6, 6.07) is 8.28. The van der Waals surface area contributed by atoms with Crippen LogP contribution in [0.2, 0.25) is 0 Å². The second-order valence-corrected chi connectivity index (χ2v) is 4.98. The molecule has 1 saturated heterocycles. The van der Waals surface area contributed by atoms with E-state index in [1.54, 1.807) is 0 Å².